The molecule has 0 saturated carbocycles. The second-order valence-electron chi connectivity index (χ2n) is 8.98. The molecule has 0 fully saturated rings. The lowest BCUT2D eigenvalue weighted by Crippen LogP contribution is -2.20. The fraction of sp³-hybridized carbons (Fsp3) is 0.133. The highest BCUT2D eigenvalue weighted by Gasteiger charge is 2.28. The smallest absolute Gasteiger partial charge is 0.336 e. The lowest BCUT2D eigenvalue weighted by molar-refractivity contribution is 0.0684. The predicted molar refractivity (Wildman–Crippen MR) is 146 cm³/mol. The van der Waals surface area contributed by atoms with Gasteiger partial charge in [0.05, 0.1) is 16.7 Å². The molecule has 0 radical (unpaired) electrons. The number of rotatable bonds is 7. The molecule has 0 atom stereocenters. The number of amides is 2. The monoisotopic (exact) mass is 510 g/mol. The Kier molecular flexibility index (Phi) is 7.25. The molecule has 2 amide bonds. The van der Waals surface area contributed by atoms with E-state index < -0.39 is 23.8 Å². The zero-order valence-electron chi connectivity index (χ0n) is 21.1. The van der Waals surface area contributed by atoms with Gasteiger partial charge < -0.3 is 20.8 Å². The summed E-state index contributed by atoms with van der Waals surface area (Å²) in [5.41, 5.74) is 2.62. The van der Waals surface area contributed by atoms with Gasteiger partial charge in [-0.2, -0.15) is 0 Å². The van der Waals surface area contributed by atoms with Gasteiger partial charge in [0, 0.05) is 27.7 Å². The normalized spacial score (nSPS) is 10.7. The summed E-state index contributed by atoms with van der Waals surface area (Å²) in [6, 6.07) is 17.9. The third-order valence-electron chi connectivity index (χ3n) is 6.23. The molecule has 0 aliphatic heterocycles. The molecule has 0 aliphatic carbocycles. The maximum atomic E-state index is 13.6. The summed E-state index contributed by atoms with van der Waals surface area (Å²) < 4.78 is 0. The lowest BCUT2D eigenvalue weighted by atomic mass is 9.87. The van der Waals surface area contributed by atoms with E-state index in [1.54, 1.807) is 43.3 Å². The summed E-state index contributed by atoms with van der Waals surface area (Å²) in [6.45, 7) is 5.50. The Bertz CT molecular complexity index is 1620. The Morgan fingerprint density at radius 2 is 1.16 bits per heavy atom. The molecule has 4 rings (SSSR count). The number of carboxylic acid groups (broad SMARTS) is 2. The number of anilines is 2. The molecule has 8 heteroatoms. The van der Waals surface area contributed by atoms with Crippen LogP contribution >= 0.6 is 0 Å². The number of hydrogen-bond acceptors (Lipinski definition) is 4. The predicted octanol–water partition coefficient (Wildman–Crippen LogP) is 5.92. The van der Waals surface area contributed by atoms with Gasteiger partial charge in [-0.05, 0) is 79.4 Å². The van der Waals surface area contributed by atoms with Gasteiger partial charge in [-0.1, -0.05) is 31.2 Å². The molecule has 0 bridgehead atoms. The maximum Gasteiger partial charge on any atom is 0.336 e. The van der Waals surface area contributed by atoms with Crippen molar-refractivity contribution in [2.45, 2.75) is 27.2 Å². The summed E-state index contributed by atoms with van der Waals surface area (Å²) in [7, 11) is 0. The van der Waals surface area contributed by atoms with Crippen LogP contribution < -0.4 is 10.6 Å². The highest BCUT2D eigenvalue weighted by molar-refractivity contribution is 6.26. The van der Waals surface area contributed by atoms with E-state index >= 15 is 0 Å². The molecular weight excluding hydrogens is 484 g/mol. The Hall–Kier alpha value is -4.98. The SMILES string of the molecule is CCc1cc(C(=O)Nc2cccc(C)c2)c2c(C(=O)O)ccc(C(=O)O)c2c1C(=O)Nc1cccc(C)c1. The number of aromatic carboxylic acids is 2. The van der Waals surface area contributed by atoms with Gasteiger partial charge in [-0.25, -0.2) is 9.59 Å². The molecule has 8 nitrogen and oxygen atoms in total. The molecule has 38 heavy (non-hydrogen) atoms. The fourth-order valence-corrected chi connectivity index (χ4v) is 4.53. The summed E-state index contributed by atoms with van der Waals surface area (Å²) in [5, 5.41) is 25.4. The Balaban J connectivity index is 2.02. The number of hydrogen-bond donors (Lipinski definition) is 4. The first kappa shape index (κ1) is 26.1. The van der Waals surface area contributed by atoms with Crippen molar-refractivity contribution < 1.29 is 29.4 Å². The molecule has 0 spiro atoms. The van der Waals surface area contributed by atoms with E-state index in [1.165, 1.54) is 6.07 Å². The van der Waals surface area contributed by atoms with E-state index in [1.807, 2.05) is 26.0 Å². The highest BCUT2D eigenvalue weighted by Crippen LogP contribution is 2.34. The van der Waals surface area contributed by atoms with Crippen LogP contribution in [0, 0.1) is 13.8 Å². The molecule has 0 heterocycles. The Morgan fingerprint density at radius 1 is 0.658 bits per heavy atom. The number of carboxylic acids is 2. The van der Waals surface area contributed by atoms with E-state index in [0.29, 0.717) is 16.9 Å². The molecule has 0 aromatic heterocycles. The number of carbonyl (C=O) groups excluding carboxylic acids is 2. The van der Waals surface area contributed by atoms with E-state index in [4.69, 9.17) is 0 Å². The van der Waals surface area contributed by atoms with Crippen molar-refractivity contribution in [1.82, 2.24) is 0 Å². The molecule has 4 aromatic rings. The van der Waals surface area contributed by atoms with Gasteiger partial charge in [0.25, 0.3) is 11.8 Å². The third-order valence-corrected chi connectivity index (χ3v) is 6.23. The van der Waals surface area contributed by atoms with E-state index in [9.17, 15) is 29.4 Å². The summed E-state index contributed by atoms with van der Waals surface area (Å²) in [6.07, 6.45) is 0.285. The van der Waals surface area contributed by atoms with E-state index in [0.717, 1.165) is 23.3 Å². The van der Waals surface area contributed by atoms with E-state index in [-0.39, 0.29) is 39.4 Å². The minimum atomic E-state index is -1.36. The fourth-order valence-electron chi connectivity index (χ4n) is 4.53. The lowest BCUT2D eigenvalue weighted by Gasteiger charge is -2.19. The van der Waals surface area contributed by atoms with Crippen LogP contribution in [0.5, 0.6) is 0 Å². The first-order valence-electron chi connectivity index (χ1n) is 12.0. The topological polar surface area (TPSA) is 133 Å². The van der Waals surface area contributed by atoms with Crippen LogP contribution in [-0.2, 0) is 6.42 Å². The van der Waals surface area contributed by atoms with Crippen molar-refractivity contribution in [2.75, 3.05) is 10.6 Å². The van der Waals surface area contributed by atoms with Gasteiger partial charge in [-0.3, -0.25) is 9.59 Å². The number of carbonyl (C=O) groups is 4. The molecular formula is C30H26N2O6. The molecule has 4 N–H and O–H groups in total. The molecule has 192 valence electrons. The van der Waals surface area contributed by atoms with Crippen molar-refractivity contribution in [1.29, 1.82) is 0 Å². The average Bonchev–Trinajstić information content (AvgIpc) is 2.86. The summed E-state index contributed by atoms with van der Waals surface area (Å²) >= 11 is 0. The van der Waals surface area contributed by atoms with Crippen LogP contribution in [0.3, 0.4) is 0 Å². The second-order valence-corrected chi connectivity index (χ2v) is 8.98. The van der Waals surface area contributed by atoms with Gasteiger partial charge in [0.2, 0.25) is 0 Å². The van der Waals surface area contributed by atoms with Crippen LogP contribution in [0.25, 0.3) is 10.8 Å². The van der Waals surface area contributed by atoms with Crippen LogP contribution in [0.15, 0.2) is 66.7 Å². The average molecular weight is 511 g/mol. The third kappa shape index (κ3) is 5.10. The Morgan fingerprint density at radius 3 is 1.63 bits per heavy atom. The molecule has 0 aliphatic rings. The van der Waals surface area contributed by atoms with Gasteiger partial charge in [0.1, 0.15) is 0 Å². The van der Waals surface area contributed by atoms with Crippen molar-refractivity contribution in [3.63, 3.8) is 0 Å². The minimum Gasteiger partial charge on any atom is -0.478 e. The second kappa shape index (κ2) is 10.6. The highest BCUT2D eigenvalue weighted by atomic mass is 16.4. The zero-order chi connectivity index (χ0) is 27.6. The van der Waals surface area contributed by atoms with Crippen molar-refractivity contribution in [2.24, 2.45) is 0 Å². The number of nitrogens with one attached hydrogen (secondary N) is 2. The summed E-state index contributed by atoms with van der Waals surface area (Å²) in [5.74, 6) is -3.93. The van der Waals surface area contributed by atoms with E-state index in [2.05, 4.69) is 10.6 Å². The maximum absolute atomic E-state index is 13.6. The van der Waals surface area contributed by atoms with Crippen molar-refractivity contribution in [3.05, 3.63) is 106 Å². The van der Waals surface area contributed by atoms with Crippen LogP contribution in [0.4, 0.5) is 11.4 Å². The van der Waals surface area contributed by atoms with Gasteiger partial charge in [-0.15, -0.1) is 0 Å². The van der Waals surface area contributed by atoms with Gasteiger partial charge in [0.15, 0.2) is 0 Å². The van der Waals surface area contributed by atoms with Crippen LogP contribution in [0.1, 0.15) is 65.0 Å². The van der Waals surface area contributed by atoms with Crippen LogP contribution in [-0.4, -0.2) is 34.0 Å². The number of fused-ring (bicyclic) bond motifs is 1. The Labute approximate surface area is 218 Å². The van der Waals surface area contributed by atoms with Crippen molar-refractivity contribution in [3.8, 4) is 0 Å². The van der Waals surface area contributed by atoms with Gasteiger partial charge >= 0.3 is 11.9 Å². The molecule has 0 unspecified atom stereocenters. The summed E-state index contributed by atoms with van der Waals surface area (Å²) in [4.78, 5) is 51.7. The standard InChI is InChI=1S/C30H26N2O6/c1-4-18-15-23(27(33)31-19-9-5-7-16(2)13-19)25-21(29(35)36)11-12-22(30(37)38)26(25)24(18)28(34)32-20-10-6-8-17(3)14-20/h5-15H,4H2,1-3H3,(H,31,33)(H,32,34)(H,35,36)(H,37,38). The molecule has 0 saturated heterocycles. The quantitative estimate of drug-likeness (QED) is 0.244. The number of aryl methyl sites for hydroxylation is 3. The van der Waals surface area contributed by atoms with Crippen molar-refractivity contribution >= 4 is 45.9 Å². The zero-order valence-corrected chi connectivity index (χ0v) is 21.1. The van der Waals surface area contributed by atoms with Crippen LogP contribution in [0.2, 0.25) is 0 Å². The first-order valence-corrected chi connectivity index (χ1v) is 12.0. The first-order chi connectivity index (χ1) is 18.1. The number of benzene rings is 4. The molecule has 4 aromatic carbocycles. The minimum absolute atomic E-state index is 0.0108. The largest absolute Gasteiger partial charge is 0.478 e.